The summed E-state index contributed by atoms with van der Waals surface area (Å²) in [6.07, 6.45) is 1.15. The molecule has 0 aliphatic carbocycles. The maximum absolute atomic E-state index is 12.3. The standard InChI is InChI=1S/C17H17Cl2N3O3S/c1-22(2)11-21-26(24,25)16-9-12(7-8-15(16)19)17(23)20-10-13-5-3-4-6-14(13)18/h3-9,11H,10H2,1-2H3,(H,20,23)/b21-11+. The number of nitrogens with zero attached hydrogens (tertiary/aromatic N) is 2. The third-order valence-corrected chi connectivity index (χ3v) is 5.36. The molecule has 2 rings (SSSR count). The van der Waals surface area contributed by atoms with Gasteiger partial charge >= 0.3 is 0 Å². The van der Waals surface area contributed by atoms with Crippen LogP contribution in [0.15, 0.2) is 51.8 Å². The molecule has 0 aromatic heterocycles. The van der Waals surface area contributed by atoms with E-state index in [1.807, 2.05) is 6.07 Å². The van der Waals surface area contributed by atoms with Gasteiger partial charge in [-0.1, -0.05) is 41.4 Å². The van der Waals surface area contributed by atoms with E-state index < -0.39 is 15.9 Å². The smallest absolute Gasteiger partial charge is 0.285 e. The Morgan fingerprint density at radius 3 is 2.50 bits per heavy atom. The monoisotopic (exact) mass is 413 g/mol. The molecule has 0 radical (unpaired) electrons. The number of carbonyl (C=O) groups is 1. The van der Waals surface area contributed by atoms with E-state index in [1.54, 1.807) is 32.3 Å². The summed E-state index contributed by atoms with van der Waals surface area (Å²) in [7, 11) is -0.745. The number of hydrogen-bond donors (Lipinski definition) is 1. The molecule has 138 valence electrons. The van der Waals surface area contributed by atoms with E-state index in [0.29, 0.717) is 5.02 Å². The van der Waals surface area contributed by atoms with Gasteiger partial charge in [0, 0.05) is 31.2 Å². The number of benzene rings is 2. The molecule has 2 aromatic rings. The largest absolute Gasteiger partial charge is 0.368 e. The van der Waals surface area contributed by atoms with Crippen molar-refractivity contribution in [1.82, 2.24) is 10.2 Å². The minimum absolute atomic E-state index is 0.0106. The predicted octanol–water partition coefficient (Wildman–Crippen LogP) is 3.20. The molecule has 0 saturated heterocycles. The lowest BCUT2D eigenvalue weighted by Gasteiger charge is -2.09. The van der Waals surface area contributed by atoms with Gasteiger partial charge in [-0.2, -0.15) is 8.42 Å². The Morgan fingerprint density at radius 2 is 1.85 bits per heavy atom. The number of sulfonamides is 1. The Labute approximate surface area is 162 Å². The SMILES string of the molecule is CN(C)/C=N/S(=O)(=O)c1cc(C(=O)NCc2ccccc2Cl)ccc1Cl. The maximum atomic E-state index is 12.3. The van der Waals surface area contributed by atoms with Crippen LogP contribution in [0.5, 0.6) is 0 Å². The fraction of sp³-hybridized carbons (Fsp3) is 0.176. The first-order valence-corrected chi connectivity index (χ1v) is 9.68. The Bertz CT molecular complexity index is 944. The second kappa shape index (κ2) is 8.53. The molecule has 6 nitrogen and oxygen atoms in total. The van der Waals surface area contributed by atoms with Gasteiger partial charge in [-0.05, 0) is 29.8 Å². The lowest BCUT2D eigenvalue weighted by Crippen LogP contribution is -2.23. The highest BCUT2D eigenvalue weighted by atomic mass is 35.5. The van der Waals surface area contributed by atoms with Crippen molar-refractivity contribution in [3.8, 4) is 0 Å². The van der Waals surface area contributed by atoms with E-state index in [2.05, 4.69) is 9.71 Å². The summed E-state index contributed by atoms with van der Waals surface area (Å²) in [6, 6.07) is 11.1. The lowest BCUT2D eigenvalue weighted by atomic mass is 10.2. The van der Waals surface area contributed by atoms with Gasteiger partial charge in [-0.15, -0.1) is 4.40 Å². The van der Waals surface area contributed by atoms with Crippen LogP contribution in [-0.2, 0) is 16.6 Å². The molecule has 0 aliphatic heterocycles. The van der Waals surface area contributed by atoms with Crippen molar-refractivity contribution < 1.29 is 13.2 Å². The van der Waals surface area contributed by atoms with Crippen LogP contribution >= 0.6 is 23.2 Å². The van der Waals surface area contributed by atoms with Crippen LogP contribution < -0.4 is 5.32 Å². The molecule has 26 heavy (non-hydrogen) atoms. The summed E-state index contributed by atoms with van der Waals surface area (Å²) >= 11 is 12.0. The average molecular weight is 414 g/mol. The van der Waals surface area contributed by atoms with Gasteiger partial charge in [0.25, 0.3) is 15.9 Å². The topological polar surface area (TPSA) is 78.8 Å². The molecule has 0 aliphatic rings. The van der Waals surface area contributed by atoms with E-state index in [-0.39, 0.29) is 22.0 Å². The highest BCUT2D eigenvalue weighted by Gasteiger charge is 2.19. The fourth-order valence-corrected chi connectivity index (χ4v) is 3.60. The second-order valence-electron chi connectivity index (χ2n) is 5.58. The Kier molecular flexibility index (Phi) is 6.63. The zero-order valence-electron chi connectivity index (χ0n) is 14.1. The van der Waals surface area contributed by atoms with Crippen molar-refractivity contribution in [1.29, 1.82) is 0 Å². The summed E-state index contributed by atoms with van der Waals surface area (Å²) in [6.45, 7) is 0.210. The third kappa shape index (κ3) is 5.20. The zero-order chi connectivity index (χ0) is 19.3. The van der Waals surface area contributed by atoms with Crippen LogP contribution in [-0.4, -0.2) is 39.7 Å². The third-order valence-electron chi connectivity index (χ3n) is 3.29. The second-order valence-corrected chi connectivity index (χ2v) is 7.99. The van der Waals surface area contributed by atoms with Gasteiger partial charge in [0.1, 0.15) is 11.2 Å². The van der Waals surface area contributed by atoms with Gasteiger partial charge in [0.15, 0.2) is 0 Å². The Morgan fingerprint density at radius 1 is 1.15 bits per heavy atom. The van der Waals surface area contributed by atoms with Crippen LogP contribution in [0.4, 0.5) is 0 Å². The fourth-order valence-electron chi connectivity index (χ4n) is 1.97. The quantitative estimate of drug-likeness (QED) is 0.582. The van der Waals surface area contributed by atoms with Crippen LogP contribution in [0.1, 0.15) is 15.9 Å². The van der Waals surface area contributed by atoms with Gasteiger partial charge in [0.2, 0.25) is 0 Å². The summed E-state index contributed by atoms with van der Waals surface area (Å²) in [5.74, 6) is -0.449. The molecule has 1 amide bonds. The first-order valence-electron chi connectivity index (χ1n) is 7.49. The molecule has 0 bridgehead atoms. The van der Waals surface area contributed by atoms with Crippen LogP contribution in [0.25, 0.3) is 0 Å². The van der Waals surface area contributed by atoms with E-state index in [9.17, 15) is 13.2 Å². The lowest BCUT2D eigenvalue weighted by molar-refractivity contribution is 0.0950. The molecule has 0 fully saturated rings. The molecule has 1 N–H and O–H groups in total. The summed E-state index contributed by atoms with van der Waals surface area (Å²) in [5, 5.41) is 3.22. The van der Waals surface area contributed by atoms with Crippen molar-refractivity contribution in [2.75, 3.05) is 14.1 Å². The van der Waals surface area contributed by atoms with Crippen molar-refractivity contribution >= 4 is 45.5 Å². The van der Waals surface area contributed by atoms with Crippen LogP contribution in [0.2, 0.25) is 10.0 Å². The normalized spacial score (nSPS) is 11.5. The molecular formula is C17H17Cl2N3O3S. The zero-order valence-corrected chi connectivity index (χ0v) is 16.4. The summed E-state index contributed by atoms with van der Waals surface area (Å²) in [5.41, 5.74) is 0.903. The molecule has 0 atom stereocenters. The Balaban J connectivity index is 2.23. The van der Waals surface area contributed by atoms with Crippen molar-refractivity contribution in [2.24, 2.45) is 4.40 Å². The maximum Gasteiger partial charge on any atom is 0.285 e. The first kappa shape index (κ1) is 20.2. The number of rotatable bonds is 6. The molecular weight excluding hydrogens is 397 g/mol. The minimum atomic E-state index is -4.02. The summed E-state index contributed by atoms with van der Waals surface area (Å²) in [4.78, 5) is 13.6. The predicted molar refractivity (Wildman–Crippen MR) is 103 cm³/mol. The average Bonchev–Trinajstić information content (AvgIpc) is 2.59. The number of carbonyl (C=O) groups excluding carboxylic acids is 1. The van der Waals surface area contributed by atoms with Gasteiger partial charge in [0.05, 0.1) is 5.02 Å². The highest BCUT2D eigenvalue weighted by Crippen LogP contribution is 2.24. The van der Waals surface area contributed by atoms with Gasteiger partial charge < -0.3 is 10.2 Å². The van der Waals surface area contributed by atoms with Crippen LogP contribution in [0.3, 0.4) is 0 Å². The molecule has 0 heterocycles. The van der Waals surface area contributed by atoms with Gasteiger partial charge in [-0.3, -0.25) is 4.79 Å². The molecule has 9 heteroatoms. The number of nitrogens with one attached hydrogen (secondary N) is 1. The number of hydrogen-bond acceptors (Lipinski definition) is 3. The number of amides is 1. The summed E-state index contributed by atoms with van der Waals surface area (Å²) < 4.78 is 28.1. The van der Waals surface area contributed by atoms with Crippen molar-refractivity contribution in [3.63, 3.8) is 0 Å². The van der Waals surface area contributed by atoms with Crippen LogP contribution in [0, 0.1) is 0 Å². The van der Waals surface area contributed by atoms with E-state index in [1.165, 1.54) is 23.1 Å². The molecule has 2 aromatic carbocycles. The van der Waals surface area contributed by atoms with E-state index in [0.717, 1.165) is 11.9 Å². The van der Waals surface area contributed by atoms with Crippen molar-refractivity contribution in [2.45, 2.75) is 11.4 Å². The first-order chi connectivity index (χ1) is 12.2. The van der Waals surface area contributed by atoms with Gasteiger partial charge in [-0.25, -0.2) is 0 Å². The van der Waals surface area contributed by atoms with Crippen molar-refractivity contribution in [3.05, 3.63) is 63.6 Å². The minimum Gasteiger partial charge on any atom is -0.368 e. The van der Waals surface area contributed by atoms with E-state index >= 15 is 0 Å². The van der Waals surface area contributed by atoms with E-state index in [4.69, 9.17) is 23.2 Å². The molecule has 0 saturated carbocycles. The Hall–Kier alpha value is -2.09. The number of halogens is 2. The molecule has 0 spiro atoms. The molecule has 0 unspecified atom stereocenters. The highest BCUT2D eigenvalue weighted by molar-refractivity contribution is 7.90.